The molecular formula is C14H19N5O. The van der Waals surface area contributed by atoms with Crippen LogP contribution in [0.3, 0.4) is 0 Å². The fraction of sp³-hybridized carbons (Fsp3) is 0.357. The van der Waals surface area contributed by atoms with Crippen LogP contribution in [0.1, 0.15) is 19.4 Å². The molecule has 0 aliphatic rings. The number of nitrogens with two attached hydrogens (primary N) is 1. The van der Waals surface area contributed by atoms with Crippen LogP contribution in [-0.4, -0.2) is 28.1 Å². The number of hydrogen-bond acceptors (Lipinski definition) is 6. The molecule has 0 spiro atoms. The second kappa shape index (κ2) is 6.18. The van der Waals surface area contributed by atoms with Crippen molar-refractivity contribution in [3.63, 3.8) is 0 Å². The largest absolute Gasteiger partial charge is 0.473 e. The Kier molecular flexibility index (Phi) is 4.34. The van der Waals surface area contributed by atoms with E-state index in [9.17, 15) is 0 Å². The third-order valence-corrected chi connectivity index (χ3v) is 2.70. The van der Waals surface area contributed by atoms with Crippen molar-refractivity contribution in [1.82, 2.24) is 15.0 Å². The minimum Gasteiger partial charge on any atom is -0.473 e. The van der Waals surface area contributed by atoms with Crippen molar-refractivity contribution in [3.8, 4) is 5.88 Å². The van der Waals surface area contributed by atoms with Crippen molar-refractivity contribution in [2.75, 3.05) is 17.7 Å². The quantitative estimate of drug-likeness (QED) is 0.896. The van der Waals surface area contributed by atoms with E-state index in [1.807, 2.05) is 37.9 Å². The van der Waals surface area contributed by atoms with E-state index in [2.05, 4.69) is 15.0 Å². The SMILES string of the molecule is CC(C)Oc1ncnc(N(C)Cc2ccncc2)c1N. The lowest BCUT2D eigenvalue weighted by Crippen LogP contribution is -2.20. The summed E-state index contributed by atoms with van der Waals surface area (Å²) in [5.41, 5.74) is 7.67. The summed E-state index contributed by atoms with van der Waals surface area (Å²) in [5, 5.41) is 0. The molecule has 6 nitrogen and oxygen atoms in total. The average Bonchev–Trinajstić information content (AvgIpc) is 2.41. The molecule has 2 heterocycles. The zero-order valence-electron chi connectivity index (χ0n) is 11.9. The maximum absolute atomic E-state index is 6.08. The first-order chi connectivity index (χ1) is 9.58. The predicted octanol–water partition coefficient (Wildman–Crippen LogP) is 1.88. The summed E-state index contributed by atoms with van der Waals surface area (Å²) in [7, 11) is 1.93. The highest BCUT2D eigenvalue weighted by atomic mass is 16.5. The number of anilines is 2. The molecule has 0 amide bonds. The summed E-state index contributed by atoms with van der Waals surface area (Å²) in [5.74, 6) is 1.08. The standard InChI is InChI=1S/C14H19N5O/c1-10(2)20-14-12(15)13(17-9-18-14)19(3)8-11-4-6-16-7-5-11/h4-7,9-10H,8,15H2,1-3H3. The fourth-order valence-corrected chi connectivity index (χ4v) is 1.83. The van der Waals surface area contributed by atoms with Crippen LogP contribution in [0.25, 0.3) is 0 Å². The van der Waals surface area contributed by atoms with E-state index in [4.69, 9.17) is 10.5 Å². The lowest BCUT2D eigenvalue weighted by Gasteiger charge is -2.21. The number of hydrogen-bond donors (Lipinski definition) is 1. The molecule has 2 aromatic rings. The molecule has 0 unspecified atom stereocenters. The van der Waals surface area contributed by atoms with E-state index in [1.54, 1.807) is 12.4 Å². The van der Waals surface area contributed by atoms with Crippen LogP contribution in [0.4, 0.5) is 11.5 Å². The van der Waals surface area contributed by atoms with Gasteiger partial charge in [0.25, 0.3) is 0 Å². The van der Waals surface area contributed by atoms with E-state index < -0.39 is 0 Å². The van der Waals surface area contributed by atoms with E-state index in [0.717, 1.165) is 5.56 Å². The molecule has 0 atom stereocenters. The van der Waals surface area contributed by atoms with Crippen LogP contribution < -0.4 is 15.4 Å². The Labute approximate surface area is 118 Å². The third kappa shape index (κ3) is 3.34. The van der Waals surface area contributed by atoms with Crippen molar-refractivity contribution >= 4 is 11.5 Å². The van der Waals surface area contributed by atoms with Gasteiger partial charge in [0, 0.05) is 26.0 Å². The Balaban J connectivity index is 2.19. The molecule has 2 rings (SSSR count). The minimum absolute atomic E-state index is 0.0190. The van der Waals surface area contributed by atoms with E-state index >= 15 is 0 Å². The summed E-state index contributed by atoms with van der Waals surface area (Å²) in [4.78, 5) is 14.3. The topological polar surface area (TPSA) is 77.2 Å². The third-order valence-electron chi connectivity index (χ3n) is 2.70. The Hall–Kier alpha value is -2.37. The van der Waals surface area contributed by atoms with Crippen LogP contribution in [0.5, 0.6) is 5.88 Å². The van der Waals surface area contributed by atoms with Crippen molar-refractivity contribution < 1.29 is 4.74 Å². The van der Waals surface area contributed by atoms with Crippen LogP contribution in [-0.2, 0) is 6.54 Å². The molecule has 0 bridgehead atoms. The van der Waals surface area contributed by atoms with Gasteiger partial charge in [0.1, 0.15) is 12.0 Å². The summed E-state index contributed by atoms with van der Waals surface area (Å²) < 4.78 is 5.57. The summed E-state index contributed by atoms with van der Waals surface area (Å²) in [6.07, 6.45) is 5.01. The molecule has 2 N–H and O–H groups in total. The van der Waals surface area contributed by atoms with Gasteiger partial charge >= 0.3 is 0 Å². The maximum atomic E-state index is 6.08. The Morgan fingerprint density at radius 2 is 1.95 bits per heavy atom. The smallest absolute Gasteiger partial charge is 0.242 e. The molecule has 0 aliphatic heterocycles. The van der Waals surface area contributed by atoms with Crippen LogP contribution in [0.15, 0.2) is 30.9 Å². The first-order valence-electron chi connectivity index (χ1n) is 6.45. The number of nitrogens with zero attached hydrogens (tertiary/aromatic N) is 4. The van der Waals surface area contributed by atoms with Gasteiger partial charge < -0.3 is 15.4 Å². The van der Waals surface area contributed by atoms with Gasteiger partial charge in [-0.2, -0.15) is 4.98 Å². The van der Waals surface area contributed by atoms with Gasteiger partial charge in [-0.05, 0) is 31.5 Å². The van der Waals surface area contributed by atoms with Crippen molar-refractivity contribution in [2.24, 2.45) is 0 Å². The molecule has 20 heavy (non-hydrogen) atoms. The normalized spacial score (nSPS) is 10.6. The van der Waals surface area contributed by atoms with Crippen LogP contribution in [0, 0.1) is 0 Å². The van der Waals surface area contributed by atoms with E-state index in [1.165, 1.54) is 6.33 Å². The Bertz CT molecular complexity index is 559. The molecule has 0 aliphatic carbocycles. The van der Waals surface area contributed by atoms with Crippen molar-refractivity contribution in [2.45, 2.75) is 26.5 Å². The zero-order valence-corrected chi connectivity index (χ0v) is 11.9. The predicted molar refractivity (Wildman–Crippen MR) is 78.6 cm³/mol. The first kappa shape index (κ1) is 14.0. The number of pyridine rings is 1. The highest BCUT2D eigenvalue weighted by Gasteiger charge is 2.14. The molecule has 0 saturated carbocycles. The maximum Gasteiger partial charge on any atom is 0.242 e. The van der Waals surface area contributed by atoms with Gasteiger partial charge in [-0.3, -0.25) is 4.98 Å². The van der Waals surface area contributed by atoms with Gasteiger partial charge in [-0.15, -0.1) is 0 Å². The monoisotopic (exact) mass is 273 g/mol. The average molecular weight is 273 g/mol. The molecule has 0 saturated heterocycles. The molecule has 6 heteroatoms. The highest BCUT2D eigenvalue weighted by molar-refractivity contribution is 5.67. The molecule has 0 aromatic carbocycles. The lowest BCUT2D eigenvalue weighted by molar-refractivity contribution is 0.234. The second-order valence-corrected chi connectivity index (χ2v) is 4.79. The number of aromatic nitrogens is 3. The molecule has 2 aromatic heterocycles. The van der Waals surface area contributed by atoms with Crippen molar-refractivity contribution in [3.05, 3.63) is 36.4 Å². The van der Waals surface area contributed by atoms with Gasteiger partial charge in [0.05, 0.1) is 6.10 Å². The van der Waals surface area contributed by atoms with Gasteiger partial charge in [-0.25, -0.2) is 4.98 Å². The minimum atomic E-state index is 0.0190. The summed E-state index contributed by atoms with van der Waals surface area (Å²) in [6, 6.07) is 3.92. The molecule has 0 radical (unpaired) electrons. The van der Waals surface area contributed by atoms with E-state index in [0.29, 0.717) is 23.9 Å². The van der Waals surface area contributed by atoms with Crippen molar-refractivity contribution in [1.29, 1.82) is 0 Å². The lowest BCUT2D eigenvalue weighted by atomic mass is 10.2. The molecule has 0 fully saturated rings. The van der Waals surface area contributed by atoms with Crippen LogP contribution >= 0.6 is 0 Å². The number of nitrogen functional groups attached to an aromatic ring is 1. The van der Waals surface area contributed by atoms with E-state index in [-0.39, 0.29) is 6.10 Å². The first-order valence-corrected chi connectivity index (χ1v) is 6.45. The summed E-state index contributed by atoms with van der Waals surface area (Å²) >= 11 is 0. The fourth-order valence-electron chi connectivity index (χ4n) is 1.83. The van der Waals surface area contributed by atoms with Gasteiger partial charge in [-0.1, -0.05) is 0 Å². The highest BCUT2D eigenvalue weighted by Crippen LogP contribution is 2.28. The molecule has 106 valence electrons. The van der Waals surface area contributed by atoms with Crippen LogP contribution in [0.2, 0.25) is 0 Å². The Morgan fingerprint density at radius 1 is 1.25 bits per heavy atom. The molecular weight excluding hydrogens is 254 g/mol. The summed E-state index contributed by atoms with van der Waals surface area (Å²) in [6.45, 7) is 4.55. The number of rotatable bonds is 5. The van der Waals surface area contributed by atoms with Gasteiger partial charge in [0.2, 0.25) is 5.88 Å². The number of ether oxygens (including phenoxy) is 1. The second-order valence-electron chi connectivity index (χ2n) is 4.79. The Morgan fingerprint density at radius 3 is 2.60 bits per heavy atom. The zero-order chi connectivity index (χ0) is 14.5. The van der Waals surface area contributed by atoms with Gasteiger partial charge in [0.15, 0.2) is 5.82 Å².